The van der Waals surface area contributed by atoms with Gasteiger partial charge in [-0.15, -0.1) is 0 Å². The van der Waals surface area contributed by atoms with Gasteiger partial charge in [-0.05, 0) is 43.3 Å². The molecule has 11 heteroatoms. The summed E-state index contributed by atoms with van der Waals surface area (Å²) in [6.07, 6.45) is 0.577. The van der Waals surface area contributed by atoms with E-state index in [1.165, 1.54) is 4.68 Å². The first kappa shape index (κ1) is 28.3. The molecule has 0 aliphatic carbocycles. The lowest BCUT2D eigenvalue weighted by molar-refractivity contribution is 0.0536. The molecule has 0 aliphatic rings. The second-order valence-electron chi connectivity index (χ2n) is 9.63. The molecule has 0 saturated heterocycles. The van der Waals surface area contributed by atoms with Crippen LogP contribution in [0.1, 0.15) is 16.1 Å². The van der Waals surface area contributed by atoms with Crippen molar-refractivity contribution >= 4 is 17.4 Å². The van der Waals surface area contributed by atoms with Gasteiger partial charge in [-0.3, -0.25) is 14.3 Å². The van der Waals surface area contributed by atoms with Crippen LogP contribution in [-0.4, -0.2) is 54.8 Å². The Balaban J connectivity index is 1.36. The minimum Gasteiger partial charge on any atom is -0.491 e. The smallest absolute Gasteiger partial charge is 0.284 e. The number of carbonyl (C=O) groups is 1. The van der Waals surface area contributed by atoms with Gasteiger partial charge in [0.1, 0.15) is 35.5 Å². The molecule has 0 bridgehead atoms. The predicted octanol–water partition coefficient (Wildman–Crippen LogP) is 3.17. The van der Waals surface area contributed by atoms with E-state index in [9.17, 15) is 14.7 Å². The molecule has 1 unspecified atom stereocenters. The number of aromatic nitrogens is 4. The molecule has 1 atom stereocenters. The second kappa shape index (κ2) is 12.1. The Hall–Kier alpha value is -5.26. The van der Waals surface area contributed by atoms with Gasteiger partial charge in [0.25, 0.3) is 11.5 Å². The standard InChI is InChI=1S/C31H30N6O5/c1-19-27(31(41)37(36(19)2)23-8-4-3-5-9-23)30(40)34-22-13-11-20(12-14-22)28-29(32)33-16-26(35-28)21-7-6-10-25(15-21)42-18-24(39)17-38/h3-16,24,38-39H,17-18H2,1-2H3,(H2,32,33)(H,34,40). The van der Waals surface area contributed by atoms with Crippen molar-refractivity contribution in [3.8, 4) is 34.0 Å². The molecule has 42 heavy (non-hydrogen) atoms. The first-order valence-electron chi connectivity index (χ1n) is 13.2. The van der Waals surface area contributed by atoms with E-state index in [0.717, 1.165) is 5.56 Å². The van der Waals surface area contributed by atoms with Crippen molar-refractivity contribution < 1.29 is 19.7 Å². The number of hydrogen-bond donors (Lipinski definition) is 4. The number of amides is 1. The molecule has 1 amide bonds. The number of hydrogen-bond acceptors (Lipinski definition) is 8. The van der Waals surface area contributed by atoms with Crippen LogP contribution in [-0.2, 0) is 7.05 Å². The topological polar surface area (TPSA) is 158 Å². The van der Waals surface area contributed by atoms with Crippen LogP contribution in [0.25, 0.3) is 28.2 Å². The third-order valence-electron chi connectivity index (χ3n) is 6.78. The van der Waals surface area contributed by atoms with Crippen molar-refractivity contribution in [2.75, 3.05) is 24.3 Å². The summed E-state index contributed by atoms with van der Waals surface area (Å²) >= 11 is 0. The number of aliphatic hydroxyl groups is 2. The van der Waals surface area contributed by atoms with Crippen molar-refractivity contribution in [1.29, 1.82) is 0 Å². The lowest BCUT2D eigenvalue weighted by Gasteiger charge is -2.12. The molecule has 0 saturated carbocycles. The van der Waals surface area contributed by atoms with Crippen molar-refractivity contribution in [3.63, 3.8) is 0 Å². The lowest BCUT2D eigenvalue weighted by atomic mass is 10.1. The van der Waals surface area contributed by atoms with Crippen LogP contribution >= 0.6 is 0 Å². The highest BCUT2D eigenvalue weighted by molar-refractivity contribution is 6.05. The molecule has 5 N–H and O–H groups in total. The summed E-state index contributed by atoms with van der Waals surface area (Å²) in [4.78, 5) is 35.4. The number of benzene rings is 3. The SMILES string of the molecule is Cc1c(C(=O)Nc2ccc(-c3nc(-c4cccc(OCC(O)CO)c4)cnc3N)cc2)c(=O)n(-c2ccccc2)n1C. The molecule has 3 aromatic carbocycles. The summed E-state index contributed by atoms with van der Waals surface area (Å²) in [7, 11) is 1.74. The number of nitrogens with one attached hydrogen (secondary N) is 1. The van der Waals surface area contributed by atoms with Crippen molar-refractivity contribution in [3.05, 3.63) is 107 Å². The Kier molecular flexibility index (Phi) is 8.14. The molecule has 0 aliphatic heterocycles. The zero-order valence-electron chi connectivity index (χ0n) is 23.1. The third kappa shape index (κ3) is 5.78. The molecule has 214 valence electrons. The van der Waals surface area contributed by atoms with Crippen LogP contribution in [0.4, 0.5) is 11.5 Å². The Morgan fingerprint density at radius 3 is 2.50 bits per heavy atom. The monoisotopic (exact) mass is 566 g/mol. The Morgan fingerprint density at radius 1 is 1.05 bits per heavy atom. The van der Waals surface area contributed by atoms with Gasteiger partial charge in [0.15, 0.2) is 0 Å². The fourth-order valence-electron chi connectivity index (χ4n) is 4.48. The molecule has 5 rings (SSSR count). The first-order chi connectivity index (χ1) is 20.3. The number of aliphatic hydroxyl groups excluding tert-OH is 2. The zero-order valence-corrected chi connectivity index (χ0v) is 23.1. The highest BCUT2D eigenvalue weighted by atomic mass is 16.5. The maximum atomic E-state index is 13.2. The highest BCUT2D eigenvalue weighted by Gasteiger charge is 2.22. The van der Waals surface area contributed by atoms with Crippen molar-refractivity contribution in [2.45, 2.75) is 13.0 Å². The summed E-state index contributed by atoms with van der Waals surface area (Å²) in [5, 5.41) is 21.4. The maximum absolute atomic E-state index is 13.2. The third-order valence-corrected chi connectivity index (χ3v) is 6.78. The zero-order chi connectivity index (χ0) is 29.8. The van der Waals surface area contributed by atoms with Crippen LogP contribution < -0.4 is 21.3 Å². The van der Waals surface area contributed by atoms with E-state index >= 15 is 0 Å². The number of nitrogen functional groups attached to an aromatic ring is 1. The molecule has 2 heterocycles. The molecule has 5 aromatic rings. The van der Waals surface area contributed by atoms with E-state index in [2.05, 4.69) is 10.3 Å². The number of rotatable bonds is 9. The molecule has 0 radical (unpaired) electrons. The summed E-state index contributed by atoms with van der Waals surface area (Å²) < 4.78 is 8.66. The number of nitrogens with zero attached hydrogens (tertiary/aromatic N) is 4. The van der Waals surface area contributed by atoms with Crippen LogP contribution in [0.5, 0.6) is 5.75 Å². The maximum Gasteiger partial charge on any atom is 0.284 e. The average Bonchev–Trinajstić information content (AvgIpc) is 3.24. The van der Waals surface area contributed by atoms with E-state index in [0.29, 0.717) is 39.8 Å². The fourth-order valence-corrected chi connectivity index (χ4v) is 4.48. The van der Waals surface area contributed by atoms with E-state index in [1.807, 2.05) is 24.3 Å². The second-order valence-corrected chi connectivity index (χ2v) is 9.63. The molecule has 0 fully saturated rings. The number of nitrogens with two attached hydrogens (primary N) is 1. The van der Waals surface area contributed by atoms with Gasteiger partial charge in [0, 0.05) is 23.9 Å². The van der Waals surface area contributed by atoms with Crippen LogP contribution in [0.15, 0.2) is 89.9 Å². The van der Waals surface area contributed by atoms with Gasteiger partial charge in [-0.2, -0.15) is 0 Å². The first-order valence-corrected chi connectivity index (χ1v) is 13.2. The predicted molar refractivity (Wildman–Crippen MR) is 160 cm³/mol. The molecular weight excluding hydrogens is 536 g/mol. The van der Waals surface area contributed by atoms with Gasteiger partial charge in [0.05, 0.1) is 29.9 Å². The highest BCUT2D eigenvalue weighted by Crippen LogP contribution is 2.28. The van der Waals surface area contributed by atoms with Crippen LogP contribution in [0.3, 0.4) is 0 Å². The Bertz CT molecular complexity index is 1780. The molecule has 2 aromatic heterocycles. The number of carbonyl (C=O) groups excluding carboxylic acids is 1. The van der Waals surface area contributed by atoms with E-state index < -0.39 is 24.2 Å². The van der Waals surface area contributed by atoms with Crippen LogP contribution in [0, 0.1) is 6.92 Å². The Morgan fingerprint density at radius 2 is 1.79 bits per heavy atom. The molecule has 11 nitrogen and oxygen atoms in total. The largest absolute Gasteiger partial charge is 0.491 e. The van der Waals surface area contributed by atoms with Gasteiger partial charge in [-0.1, -0.05) is 42.5 Å². The minimum absolute atomic E-state index is 0.0471. The van der Waals surface area contributed by atoms with Crippen molar-refractivity contribution in [1.82, 2.24) is 19.3 Å². The summed E-state index contributed by atoms with van der Waals surface area (Å²) in [6, 6.07) is 23.2. The van der Waals surface area contributed by atoms with E-state index in [1.54, 1.807) is 79.4 Å². The summed E-state index contributed by atoms with van der Waals surface area (Å²) in [5.41, 5.74) is 9.93. The average molecular weight is 567 g/mol. The van der Waals surface area contributed by atoms with Crippen molar-refractivity contribution in [2.24, 2.45) is 7.05 Å². The lowest BCUT2D eigenvalue weighted by Crippen LogP contribution is -2.25. The van der Waals surface area contributed by atoms with Gasteiger partial charge < -0.3 is 26.0 Å². The van der Waals surface area contributed by atoms with E-state index in [-0.39, 0.29) is 18.0 Å². The van der Waals surface area contributed by atoms with E-state index in [4.69, 9.17) is 20.6 Å². The molecular formula is C31H30N6O5. The quantitative estimate of drug-likeness (QED) is 0.212. The van der Waals surface area contributed by atoms with Gasteiger partial charge in [-0.25, -0.2) is 14.6 Å². The Labute approximate surface area is 241 Å². The van der Waals surface area contributed by atoms with Gasteiger partial charge in [0.2, 0.25) is 0 Å². The number of ether oxygens (including phenoxy) is 1. The fraction of sp³-hybridized carbons (Fsp3) is 0.161. The van der Waals surface area contributed by atoms with Gasteiger partial charge >= 0.3 is 0 Å². The summed E-state index contributed by atoms with van der Waals surface area (Å²) in [5.74, 6) is 0.227. The molecule has 0 spiro atoms. The summed E-state index contributed by atoms with van der Waals surface area (Å²) in [6.45, 7) is 1.29. The number of anilines is 2. The minimum atomic E-state index is -0.978. The van der Waals surface area contributed by atoms with Crippen LogP contribution in [0.2, 0.25) is 0 Å². The normalized spacial score (nSPS) is 11.7. The number of para-hydroxylation sites is 1.